The summed E-state index contributed by atoms with van der Waals surface area (Å²) in [6.07, 6.45) is 2.12. The SMILES string of the molecule is O=[N+]([O-])c1cccc(NC2CCNCC2)c1. The smallest absolute Gasteiger partial charge is 0.271 e. The number of nitro groups is 1. The van der Waals surface area contributed by atoms with Crippen LogP contribution in [0.15, 0.2) is 24.3 Å². The van der Waals surface area contributed by atoms with E-state index in [1.54, 1.807) is 12.1 Å². The maximum Gasteiger partial charge on any atom is 0.271 e. The summed E-state index contributed by atoms with van der Waals surface area (Å²) in [6, 6.07) is 7.09. The lowest BCUT2D eigenvalue weighted by Gasteiger charge is -2.24. The second-order valence-corrected chi connectivity index (χ2v) is 3.98. The zero-order valence-electron chi connectivity index (χ0n) is 8.98. The molecule has 5 heteroatoms. The molecule has 1 fully saturated rings. The third-order valence-electron chi connectivity index (χ3n) is 2.77. The minimum absolute atomic E-state index is 0.138. The molecule has 0 unspecified atom stereocenters. The number of rotatable bonds is 3. The average molecular weight is 221 g/mol. The Hall–Kier alpha value is -1.62. The van der Waals surface area contributed by atoms with E-state index >= 15 is 0 Å². The molecule has 0 aromatic heterocycles. The largest absolute Gasteiger partial charge is 0.382 e. The summed E-state index contributed by atoms with van der Waals surface area (Å²) >= 11 is 0. The Bertz CT molecular complexity index is 375. The number of benzene rings is 1. The number of non-ortho nitro benzene ring substituents is 1. The average Bonchev–Trinajstić information content (AvgIpc) is 2.30. The Morgan fingerprint density at radius 3 is 2.81 bits per heavy atom. The van der Waals surface area contributed by atoms with Gasteiger partial charge in [0.25, 0.3) is 5.69 Å². The van der Waals surface area contributed by atoms with Crippen molar-refractivity contribution in [1.29, 1.82) is 0 Å². The molecule has 16 heavy (non-hydrogen) atoms. The van der Waals surface area contributed by atoms with Gasteiger partial charge in [0.05, 0.1) is 4.92 Å². The Morgan fingerprint density at radius 1 is 1.38 bits per heavy atom. The first kappa shape index (κ1) is 10.9. The summed E-state index contributed by atoms with van der Waals surface area (Å²) in [4.78, 5) is 10.2. The van der Waals surface area contributed by atoms with E-state index in [-0.39, 0.29) is 10.6 Å². The molecule has 1 aliphatic rings. The fourth-order valence-electron chi connectivity index (χ4n) is 1.91. The summed E-state index contributed by atoms with van der Waals surface area (Å²) in [5.74, 6) is 0. The molecule has 0 bridgehead atoms. The van der Waals surface area contributed by atoms with Crippen LogP contribution in [-0.2, 0) is 0 Å². The van der Waals surface area contributed by atoms with Gasteiger partial charge in [-0.25, -0.2) is 0 Å². The molecular weight excluding hydrogens is 206 g/mol. The van der Waals surface area contributed by atoms with Crippen LogP contribution in [0.25, 0.3) is 0 Å². The molecular formula is C11H15N3O2. The Kier molecular flexibility index (Phi) is 3.36. The minimum atomic E-state index is -0.367. The van der Waals surface area contributed by atoms with Gasteiger partial charge in [0.2, 0.25) is 0 Å². The van der Waals surface area contributed by atoms with E-state index in [0.29, 0.717) is 6.04 Å². The van der Waals surface area contributed by atoms with Gasteiger partial charge in [0, 0.05) is 23.9 Å². The molecule has 5 nitrogen and oxygen atoms in total. The van der Waals surface area contributed by atoms with E-state index in [1.807, 2.05) is 6.07 Å². The molecule has 1 aromatic rings. The predicted molar refractivity (Wildman–Crippen MR) is 62.6 cm³/mol. The van der Waals surface area contributed by atoms with Gasteiger partial charge >= 0.3 is 0 Å². The molecule has 2 rings (SSSR count). The van der Waals surface area contributed by atoms with E-state index in [2.05, 4.69) is 10.6 Å². The lowest BCUT2D eigenvalue weighted by atomic mass is 10.1. The van der Waals surface area contributed by atoms with Crippen molar-refractivity contribution in [2.75, 3.05) is 18.4 Å². The monoisotopic (exact) mass is 221 g/mol. The number of anilines is 1. The summed E-state index contributed by atoms with van der Waals surface area (Å²) < 4.78 is 0. The number of nitrogens with zero attached hydrogens (tertiary/aromatic N) is 1. The standard InChI is InChI=1S/C11H15N3O2/c15-14(16)11-3-1-2-10(8-11)13-9-4-6-12-7-5-9/h1-3,8-9,12-13H,4-7H2. The number of nitro benzene ring substituents is 1. The summed E-state index contributed by atoms with van der Waals surface area (Å²) in [5.41, 5.74) is 0.972. The molecule has 0 amide bonds. The highest BCUT2D eigenvalue weighted by atomic mass is 16.6. The zero-order valence-corrected chi connectivity index (χ0v) is 8.98. The van der Waals surface area contributed by atoms with Crippen LogP contribution < -0.4 is 10.6 Å². The first-order valence-corrected chi connectivity index (χ1v) is 5.47. The van der Waals surface area contributed by atoms with Crippen LogP contribution in [0.4, 0.5) is 11.4 Å². The minimum Gasteiger partial charge on any atom is -0.382 e. The van der Waals surface area contributed by atoms with Crippen LogP contribution in [0.1, 0.15) is 12.8 Å². The third kappa shape index (κ3) is 2.70. The van der Waals surface area contributed by atoms with Crippen molar-refractivity contribution in [3.05, 3.63) is 34.4 Å². The quantitative estimate of drug-likeness (QED) is 0.603. The van der Waals surface area contributed by atoms with E-state index < -0.39 is 0 Å². The van der Waals surface area contributed by atoms with E-state index in [4.69, 9.17) is 0 Å². The maximum atomic E-state index is 10.6. The lowest BCUT2D eigenvalue weighted by molar-refractivity contribution is -0.384. The van der Waals surface area contributed by atoms with Crippen molar-refractivity contribution in [1.82, 2.24) is 5.32 Å². The van der Waals surface area contributed by atoms with Crippen molar-refractivity contribution < 1.29 is 4.92 Å². The molecule has 0 spiro atoms. The van der Waals surface area contributed by atoms with E-state index in [1.165, 1.54) is 6.07 Å². The molecule has 1 saturated heterocycles. The van der Waals surface area contributed by atoms with Gasteiger partial charge in [-0.05, 0) is 32.0 Å². The molecule has 1 aliphatic heterocycles. The van der Waals surface area contributed by atoms with Gasteiger partial charge in [0.1, 0.15) is 0 Å². The second kappa shape index (κ2) is 4.94. The summed E-state index contributed by atoms with van der Waals surface area (Å²) in [5, 5.41) is 17.2. The van der Waals surface area contributed by atoms with E-state index in [0.717, 1.165) is 31.6 Å². The molecule has 86 valence electrons. The lowest BCUT2D eigenvalue weighted by Crippen LogP contribution is -2.35. The fraction of sp³-hybridized carbons (Fsp3) is 0.455. The van der Waals surface area contributed by atoms with Crippen LogP contribution in [0.2, 0.25) is 0 Å². The molecule has 2 N–H and O–H groups in total. The van der Waals surface area contributed by atoms with Gasteiger partial charge in [0.15, 0.2) is 0 Å². The Morgan fingerprint density at radius 2 is 2.12 bits per heavy atom. The number of nitrogens with one attached hydrogen (secondary N) is 2. The molecule has 0 saturated carbocycles. The maximum absolute atomic E-state index is 10.6. The van der Waals surface area contributed by atoms with Crippen molar-refractivity contribution in [2.45, 2.75) is 18.9 Å². The van der Waals surface area contributed by atoms with Gasteiger partial charge in [-0.2, -0.15) is 0 Å². The first-order chi connectivity index (χ1) is 7.75. The van der Waals surface area contributed by atoms with Gasteiger partial charge in [-0.3, -0.25) is 10.1 Å². The topological polar surface area (TPSA) is 67.2 Å². The summed E-state index contributed by atoms with van der Waals surface area (Å²) in [7, 11) is 0. The molecule has 0 atom stereocenters. The second-order valence-electron chi connectivity index (χ2n) is 3.98. The van der Waals surface area contributed by atoms with Gasteiger partial charge in [-0.1, -0.05) is 6.07 Å². The number of hydrogen-bond donors (Lipinski definition) is 2. The molecule has 1 heterocycles. The predicted octanol–water partition coefficient (Wildman–Crippen LogP) is 1.76. The van der Waals surface area contributed by atoms with Gasteiger partial charge in [-0.15, -0.1) is 0 Å². The Balaban J connectivity index is 2.02. The number of hydrogen-bond acceptors (Lipinski definition) is 4. The van der Waals surface area contributed by atoms with Crippen LogP contribution in [0.5, 0.6) is 0 Å². The van der Waals surface area contributed by atoms with Crippen molar-refractivity contribution in [2.24, 2.45) is 0 Å². The van der Waals surface area contributed by atoms with Crippen LogP contribution in [-0.4, -0.2) is 24.1 Å². The van der Waals surface area contributed by atoms with Crippen LogP contribution >= 0.6 is 0 Å². The van der Waals surface area contributed by atoms with Crippen molar-refractivity contribution in [3.8, 4) is 0 Å². The highest BCUT2D eigenvalue weighted by Gasteiger charge is 2.13. The van der Waals surface area contributed by atoms with Crippen molar-refractivity contribution in [3.63, 3.8) is 0 Å². The fourth-order valence-corrected chi connectivity index (χ4v) is 1.91. The molecule has 0 aliphatic carbocycles. The highest BCUT2D eigenvalue weighted by Crippen LogP contribution is 2.19. The Labute approximate surface area is 94.0 Å². The highest BCUT2D eigenvalue weighted by molar-refractivity contribution is 5.51. The first-order valence-electron chi connectivity index (χ1n) is 5.47. The molecule has 1 aromatic carbocycles. The van der Waals surface area contributed by atoms with Gasteiger partial charge < -0.3 is 10.6 Å². The number of piperidine rings is 1. The van der Waals surface area contributed by atoms with Crippen molar-refractivity contribution >= 4 is 11.4 Å². The normalized spacial score (nSPS) is 17.0. The van der Waals surface area contributed by atoms with Crippen LogP contribution in [0, 0.1) is 10.1 Å². The zero-order chi connectivity index (χ0) is 11.4. The third-order valence-corrected chi connectivity index (χ3v) is 2.77. The van der Waals surface area contributed by atoms with Crippen LogP contribution in [0.3, 0.4) is 0 Å². The summed E-state index contributed by atoms with van der Waals surface area (Å²) in [6.45, 7) is 2.01. The van der Waals surface area contributed by atoms with E-state index in [9.17, 15) is 10.1 Å². The molecule has 0 radical (unpaired) electrons.